The van der Waals surface area contributed by atoms with E-state index in [0.717, 1.165) is 26.1 Å². The van der Waals surface area contributed by atoms with Gasteiger partial charge in [0.15, 0.2) is 0 Å². The average Bonchev–Trinajstić information content (AvgIpc) is 3.01. The molecule has 27 heavy (non-hydrogen) atoms. The van der Waals surface area contributed by atoms with Gasteiger partial charge in [-0.15, -0.1) is 11.6 Å². The molecule has 6 nitrogen and oxygen atoms in total. The van der Waals surface area contributed by atoms with Crippen molar-refractivity contribution in [1.82, 2.24) is 4.90 Å². The molecule has 1 aliphatic rings. The van der Waals surface area contributed by atoms with Crippen LogP contribution in [-0.2, 0) is 4.79 Å². The molecule has 0 aromatic carbocycles. The zero-order valence-corrected chi connectivity index (χ0v) is 22.4. The predicted molar refractivity (Wildman–Crippen MR) is 107 cm³/mol. The molecular formula is C18H39ClN2Na2O4. The first-order valence-electron chi connectivity index (χ1n) is 9.32. The number of carbonyl (C=O) groups is 1. The molecule has 154 valence electrons. The van der Waals surface area contributed by atoms with Crippen LogP contribution in [0, 0.1) is 0 Å². The summed E-state index contributed by atoms with van der Waals surface area (Å²) in [6, 6.07) is 0. The molecule has 9 heteroatoms. The Bertz CT molecular complexity index is 362. The molecule has 0 bridgehead atoms. The third-order valence-electron chi connectivity index (χ3n) is 4.02. The first kappa shape index (κ1) is 35.6. The van der Waals surface area contributed by atoms with Gasteiger partial charge < -0.3 is 23.4 Å². The zero-order chi connectivity index (χ0) is 18.0. The third-order valence-corrected chi connectivity index (χ3v) is 4.25. The zero-order valence-electron chi connectivity index (χ0n) is 19.7. The van der Waals surface area contributed by atoms with Crippen LogP contribution in [0.25, 0.3) is 0 Å². The molecule has 0 aromatic rings. The number of carboxylic acid groups (broad SMARTS) is 1. The van der Waals surface area contributed by atoms with Crippen molar-refractivity contribution in [3.8, 4) is 0 Å². The van der Waals surface area contributed by atoms with Crippen LogP contribution in [0.15, 0.2) is 4.99 Å². The quantitative estimate of drug-likeness (QED) is 0.190. The summed E-state index contributed by atoms with van der Waals surface area (Å²) in [5, 5.41) is 16.6. The van der Waals surface area contributed by atoms with Crippen LogP contribution >= 0.6 is 11.6 Å². The van der Waals surface area contributed by atoms with E-state index in [4.69, 9.17) is 21.8 Å². The van der Waals surface area contributed by atoms with E-state index in [-0.39, 0.29) is 79.9 Å². The number of carboxylic acids is 1. The molecule has 0 atom stereocenters. The molecule has 1 heterocycles. The van der Waals surface area contributed by atoms with Gasteiger partial charge in [-0.25, -0.2) is 0 Å². The number of aliphatic imine (C=N–C) groups is 1. The molecule has 0 aromatic heterocycles. The Morgan fingerprint density at radius 3 is 2.04 bits per heavy atom. The van der Waals surface area contributed by atoms with Gasteiger partial charge in [0.1, 0.15) is 5.88 Å². The Hall–Kier alpha value is 1.15. The van der Waals surface area contributed by atoms with Gasteiger partial charge in [-0.2, -0.15) is 0 Å². The minimum Gasteiger partial charge on any atom is -1.00 e. The number of hydrogen-bond acceptors (Lipinski definition) is 4. The normalized spacial score (nSPS) is 12.0. The molecule has 0 amide bonds. The maximum absolute atomic E-state index is 9.24. The standard InChI is InChI=1S/C16H32N2O.C2H3ClO2.2Na.H2O.2H/c1-2-3-4-5-6-7-8-9-10-11-16-17-12-13-18(16)14-15-19;3-1-2(4)5;;;;;/h19H,2-15H2,1H3;1H2,(H,4,5);;;1H2;;/q;;2*+1;;2*-1. The fourth-order valence-corrected chi connectivity index (χ4v) is 2.72. The summed E-state index contributed by atoms with van der Waals surface area (Å²) in [5.41, 5.74) is 0. The third kappa shape index (κ3) is 23.3. The van der Waals surface area contributed by atoms with Crippen LogP contribution in [0.4, 0.5) is 0 Å². The number of amidine groups is 1. The van der Waals surface area contributed by atoms with Gasteiger partial charge in [-0.05, 0) is 6.42 Å². The summed E-state index contributed by atoms with van der Waals surface area (Å²) in [5.74, 6) is -0.0522. The Morgan fingerprint density at radius 2 is 1.59 bits per heavy atom. The Morgan fingerprint density at radius 1 is 1.11 bits per heavy atom. The molecule has 0 unspecified atom stereocenters. The molecule has 1 rings (SSSR count). The van der Waals surface area contributed by atoms with E-state index in [1.54, 1.807) is 0 Å². The van der Waals surface area contributed by atoms with Gasteiger partial charge in [-0.3, -0.25) is 9.79 Å². The summed E-state index contributed by atoms with van der Waals surface area (Å²) < 4.78 is 0. The number of hydrogen-bond donors (Lipinski definition) is 2. The molecule has 0 saturated carbocycles. The second-order valence-corrected chi connectivity index (χ2v) is 6.38. The molecule has 0 saturated heterocycles. The minimum atomic E-state index is -0.980. The molecule has 0 radical (unpaired) electrons. The fourth-order valence-electron chi connectivity index (χ4n) is 2.72. The topological polar surface area (TPSA) is 105 Å². The van der Waals surface area contributed by atoms with Crippen molar-refractivity contribution in [2.45, 2.75) is 71.1 Å². The predicted octanol–water partition coefficient (Wildman–Crippen LogP) is -2.67. The number of alkyl halides is 1. The van der Waals surface area contributed by atoms with Crippen molar-refractivity contribution in [2.75, 3.05) is 32.1 Å². The number of halogens is 1. The summed E-state index contributed by atoms with van der Waals surface area (Å²) >= 11 is 4.74. The Balaban J connectivity index is -0.000000119. The van der Waals surface area contributed by atoms with Crippen LogP contribution in [0.5, 0.6) is 0 Å². The smallest absolute Gasteiger partial charge is 1.00 e. The van der Waals surface area contributed by atoms with E-state index in [1.165, 1.54) is 63.6 Å². The maximum Gasteiger partial charge on any atom is 1.00 e. The van der Waals surface area contributed by atoms with Crippen LogP contribution in [0.3, 0.4) is 0 Å². The van der Waals surface area contributed by atoms with Crippen LogP contribution in [0.2, 0.25) is 0 Å². The van der Waals surface area contributed by atoms with Crippen molar-refractivity contribution in [3.63, 3.8) is 0 Å². The van der Waals surface area contributed by atoms with E-state index >= 15 is 0 Å². The monoisotopic (exact) mass is 428 g/mol. The SMILES string of the molecule is CCCCCCCCCCCC1=NCCN1CCO.O.O=C(O)CCl.[H-].[H-].[Na+].[Na+]. The second-order valence-electron chi connectivity index (χ2n) is 6.11. The van der Waals surface area contributed by atoms with Gasteiger partial charge >= 0.3 is 65.1 Å². The van der Waals surface area contributed by atoms with E-state index < -0.39 is 5.97 Å². The summed E-state index contributed by atoms with van der Waals surface area (Å²) in [4.78, 5) is 16.0. The van der Waals surface area contributed by atoms with E-state index in [9.17, 15) is 4.79 Å². The van der Waals surface area contributed by atoms with E-state index in [2.05, 4.69) is 16.8 Å². The van der Waals surface area contributed by atoms with Crippen LogP contribution < -0.4 is 59.1 Å². The summed E-state index contributed by atoms with van der Waals surface area (Å²) in [7, 11) is 0. The summed E-state index contributed by atoms with van der Waals surface area (Å²) in [6.07, 6.45) is 13.5. The van der Waals surface area contributed by atoms with E-state index in [1.807, 2.05) is 0 Å². The largest absolute Gasteiger partial charge is 1.00 e. The molecule has 0 fully saturated rings. The van der Waals surface area contributed by atoms with Crippen molar-refractivity contribution in [2.24, 2.45) is 4.99 Å². The number of aliphatic carboxylic acids is 1. The number of nitrogens with zero attached hydrogens (tertiary/aromatic N) is 2. The Labute approximate surface area is 217 Å². The van der Waals surface area contributed by atoms with Gasteiger partial charge in [0.05, 0.1) is 19.0 Å². The molecule has 1 aliphatic heterocycles. The number of aliphatic hydroxyl groups is 1. The number of aliphatic hydroxyl groups excluding tert-OH is 1. The molecule has 0 spiro atoms. The van der Waals surface area contributed by atoms with Crippen molar-refractivity contribution in [3.05, 3.63) is 0 Å². The average molecular weight is 429 g/mol. The van der Waals surface area contributed by atoms with Crippen molar-refractivity contribution < 1.29 is 82.5 Å². The number of rotatable bonds is 13. The Kier molecular flexibility index (Phi) is 35.8. The van der Waals surface area contributed by atoms with Gasteiger partial charge in [0.25, 0.3) is 0 Å². The van der Waals surface area contributed by atoms with Crippen LogP contribution in [-0.4, -0.2) is 64.5 Å². The van der Waals surface area contributed by atoms with Crippen molar-refractivity contribution >= 4 is 23.4 Å². The van der Waals surface area contributed by atoms with Gasteiger partial charge in [0.2, 0.25) is 0 Å². The minimum absolute atomic E-state index is 0. The van der Waals surface area contributed by atoms with E-state index in [0.29, 0.717) is 0 Å². The summed E-state index contributed by atoms with van der Waals surface area (Å²) in [6.45, 7) is 5.21. The maximum atomic E-state index is 9.24. The molecule has 0 aliphatic carbocycles. The van der Waals surface area contributed by atoms with Gasteiger partial charge in [0, 0.05) is 19.5 Å². The number of β-amino-alcohol motifs (C(OH)–C–C–N with tert-alkyl or cyclic N) is 1. The molecule has 4 N–H and O–H groups in total. The van der Waals surface area contributed by atoms with Gasteiger partial charge in [-0.1, -0.05) is 58.3 Å². The fraction of sp³-hybridized carbons (Fsp3) is 0.889. The van der Waals surface area contributed by atoms with Crippen LogP contribution in [0.1, 0.15) is 74.0 Å². The second kappa shape index (κ2) is 27.1. The first-order valence-corrected chi connectivity index (χ1v) is 9.86. The van der Waals surface area contributed by atoms with Crippen molar-refractivity contribution in [1.29, 1.82) is 0 Å². The number of unbranched alkanes of at least 4 members (excludes halogenated alkanes) is 8. The molecular weight excluding hydrogens is 390 g/mol. The first-order chi connectivity index (χ1) is 11.7.